The molecule has 1 amide bonds. The highest BCUT2D eigenvalue weighted by atomic mass is 16.5. The summed E-state index contributed by atoms with van der Waals surface area (Å²) >= 11 is 0. The molecular weight excluding hydrogens is 288 g/mol. The van der Waals surface area contributed by atoms with Gasteiger partial charge in [-0.15, -0.1) is 0 Å². The van der Waals surface area contributed by atoms with Crippen molar-refractivity contribution < 1.29 is 23.7 Å². The van der Waals surface area contributed by atoms with Gasteiger partial charge in [0.05, 0.1) is 27.4 Å². The summed E-state index contributed by atoms with van der Waals surface area (Å²) in [6, 6.07) is 3.30. The molecule has 1 heterocycles. The third-order valence-corrected chi connectivity index (χ3v) is 2.76. The van der Waals surface area contributed by atoms with Gasteiger partial charge in [0.1, 0.15) is 12.3 Å². The average Bonchev–Trinajstić information content (AvgIpc) is 2.54. The molecule has 7 heteroatoms. The van der Waals surface area contributed by atoms with Crippen LogP contribution in [-0.4, -0.2) is 51.5 Å². The molecule has 0 aromatic carbocycles. The first-order chi connectivity index (χ1) is 10.7. The van der Waals surface area contributed by atoms with Crippen LogP contribution in [0.25, 0.3) is 0 Å². The lowest BCUT2D eigenvalue weighted by Crippen LogP contribution is -2.20. The molecule has 0 aliphatic rings. The highest BCUT2D eigenvalue weighted by molar-refractivity contribution is 5.92. The normalized spacial score (nSPS) is 10.3. The second kappa shape index (κ2) is 10.8. The van der Waals surface area contributed by atoms with Crippen LogP contribution in [0, 0.1) is 0 Å². The van der Waals surface area contributed by atoms with Crippen LogP contribution >= 0.6 is 0 Å². The van der Waals surface area contributed by atoms with Crippen LogP contribution in [0.2, 0.25) is 0 Å². The molecule has 0 radical (unpaired) electrons. The molecule has 0 saturated heterocycles. The zero-order chi connectivity index (χ0) is 16.2. The number of amides is 1. The molecule has 0 saturated carbocycles. The van der Waals surface area contributed by atoms with E-state index in [1.54, 1.807) is 12.1 Å². The molecule has 0 bridgehead atoms. The van der Waals surface area contributed by atoms with Crippen LogP contribution < -0.4 is 14.8 Å². The lowest BCUT2D eigenvalue weighted by atomic mass is 10.4. The molecule has 1 aromatic rings. The molecule has 22 heavy (non-hydrogen) atoms. The Hall–Kier alpha value is -1.86. The number of unbranched alkanes of at least 4 members (excludes halogenated alkanes) is 1. The van der Waals surface area contributed by atoms with Gasteiger partial charge >= 0.3 is 0 Å². The molecular formula is C15H24N2O5. The molecule has 1 N–H and O–H groups in total. The minimum atomic E-state index is -0.279. The Morgan fingerprint density at radius 2 is 1.91 bits per heavy atom. The van der Waals surface area contributed by atoms with Crippen molar-refractivity contribution in [3.8, 4) is 11.8 Å². The van der Waals surface area contributed by atoms with E-state index in [1.165, 1.54) is 14.2 Å². The Bertz CT molecular complexity index is 454. The quantitative estimate of drug-likeness (QED) is 0.628. The predicted molar refractivity (Wildman–Crippen MR) is 82.5 cm³/mol. The monoisotopic (exact) mass is 312 g/mol. The van der Waals surface area contributed by atoms with E-state index in [9.17, 15) is 4.79 Å². The molecule has 0 aliphatic carbocycles. The first-order valence-electron chi connectivity index (χ1n) is 7.25. The van der Waals surface area contributed by atoms with E-state index in [1.807, 2.05) is 0 Å². The Balaban J connectivity index is 2.30. The number of methoxy groups -OCH3 is 2. The van der Waals surface area contributed by atoms with Crippen LogP contribution in [0.5, 0.6) is 11.8 Å². The zero-order valence-corrected chi connectivity index (χ0v) is 13.4. The minimum absolute atomic E-state index is 0.0493. The van der Waals surface area contributed by atoms with Crippen molar-refractivity contribution in [3.63, 3.8) is 0 Å². The summed E-state index contributed by atoms with van der Waals surface area (Å²) in [5.41, 5.74) is 0.469. The molecule has 0 aliphatic heterocycles. The predicted octanol–water partition coefficient (Wildman–Crippen LogP) is 1.87. The number of carbonyl (C=O) groups is 1. The summed E-state index contributed by atoms with van der Waals surface area (Å²) in [5, 5.41) is 2.68. The van der Waals surface area contributed by atoms with Crippen molar-refractivity contribution in [2.45, 2.75) is 19.8 Å². The molecule has 1 aromatic heterocycles. The van der Waals surface area contributed by atoms with E-state index in [4.69, 9.17) is 18.9 Å². The van der Waals surface area contributed by atoms with Crippen molar-refractivity contribution in [2.75, 3.05) is 46.0 Å². The lowest BCUT2D eigenvalue weighted by Gasteiger charge is -2.10. The van der Waals surface area contributed by atoms with Crippen LogP contribution in [0.4, 0.5) is 5.69 Å². The largest absolute Gasteiger partial charge is 0.481 e. The summed E-state index contributed by atoms with van der Waals surface area (Å²) in [6.07, 6.45) is 2.13. The summed E-state index contributed by atoms with van der Waals surface area (Å²) in [7, 11) is 2.98. The number of aromatic nitrogens is 1. The summed E-state index contributed by atoms with van der Waals surface area (Å²) in [5.74, 6) is 0.421. The fourth-order valence-corrected chi connectivity index (χ4v) is 1.61. The maximum absolute atomic E-state index is 11.8. The van der Waals surface area contributed by atoms with Gasteiger partial charge in [-0.25, -0.2) is 0 Å². The molecule has 124 valence electrons. The van der Waals surface area contributed by atoms with Crippen LogP contribution in [0.15, 0.2) is 12.1 Å². The fraction of sp³-hybridized carbons (Fsp3) is 0.600. The molecule has 0 spiro atoms. The van der Waals surface area contributed by atoms with Crippen molar-refractivity contribution in [1.29, 1.82) is 0 Å². The third kappa shape index (κ3) is 6.73. The minimum Gasteiger partial charge on any atom is -0.481 e. The number of hydrogen-bond donors (Lipinski definition) is 1. The number of pyridine rings is 1. The van der Waals surface area contributed by atoms with Gasteiger partial charge in [-0.2, -0.15) is 4.98 Å². The zero-order valence-electron chi connectivity index (χ0n) is 13.4. The highest BCUT2D eigenvalue weighted by Gasteiger charge is 2.10. The van der Waals surface area contributed by atoms with Crippen molar-refractivity contribution >= 4 is 11.6 Å². The van der Waals surface area contributed by atoms with Gasteiger partial charge < -0.3 is 24.3 Å². The third-order valence-electron chi connectivity index (χ3n) is 2.76. The van der Waals surface area contributed by atoms with E-state index < -0.39 is 0 Å². The van der Waals surface area contributed by atoms with E-state index in [0.29, 0.717) is 24.8 Å². The van der Waals surface area contributed by atoms with Crippen LogP contribution in [0.1, 0.15) is 19.8 Å². The number of nitrogens with zero attached hydrogens (tertiary/aromatic N) is 1. The van der Waals surface area contributed by atoms with Gasteiger partial charge in [-0.05, 0) is 12.5 Å². The van der Waals surface area contributed by atoms with E-state index >= 15 is 0 Å². The SMILES string of the molecule is CCCCOCCOCC(=O)Nc1ccc(OC)nc1OC. The summed E-state index contributed by atoms with van der Waals surface area (Å²) in [6.45, 7) is 3.65. The first kappa shape index (κ1) is 18.2. The second-order valence-corrected chi connectivity index (χ2v) is 4.48. The van der Waals surface area contributed by atoms with Gasteiger partial charge in [0.2, 0.25) is 11.8 Å². The average molecular weight is 312 g/mol. The van der Waals surface area contributed by atoms with E-state index in [0.717, 1.165) is 19.4 Å². The second-order valence-electron chi connectivity index (χ2n) is 4.48. The van der Waals surface area contributed by atoms with Gasteiger partial charge in [0.15, 0.2) is 0 Å². The van der Waals surface area contributed by atoms with Crippen molar-refractivity contribution in [3.05, 3.63) is 12.1 Å². The number of anilines is 1. The maximum Gasteiger partial charge on any atom is 0.250 e. The Morgan fingerprint density at radius 3 is 2.59 bits per heavy atom. The van der Waals surface area contributed by atoms with Gasteiger partial charge in [-0.1, -0.05) is 13.3 Å². The van der Waals surface area contributed by atoms with Crippen LogP contribution in [0.3, 0.4) is 0 Å². The number of nitrogens with one attached hydrogen (secondary N) is 1. The molecule has 1 rings (SSSR count). The molecule has 0 fully saturated rings. The number of carbonyl (C=O) groups excluding carboxylic acids is 1. The smallest absolute Gasteiger partial charge is 0.250 e. The topological polar surface area (TPSA) is 78.9 Å². The maximum atomic E-state index is 11.8. The number of ether oxygens (including phenoxy) is 4. The molecule has 0 atom stereocenters. The van der Waals surface area contributed by atoms with Gasteiger partial charge in [0, 0.05) is 12.7 Å². The van der Waals surface area contributed by atoms with E-state index in [2.05, 4.69) is 17.2 Å². The Labute approximate surface area is 130 Å². The summed E-state index contributed by atoms with van der Waals surface area (Å²) in [4.78, 5) is 15.9. The standard InChI is InChI=1S/C15H24N2O5/c1-4-5-8-21-9-10-22-11-13(18)16-12-6-7-14(19-2)17-15(12)20-3/h6-7H,4-5,8-11H2,1-3H3,(H,16,18). The number of rotatable bonds is 11. The van der Waals surface area contributed by atoms with Gasteiger partial charge in [-0.3, -0.25) is 4.79 Å². The Kier molecular flexibility index (Phi) is 8.94. The van der Waals surface area contributed by atoms with Crippen molar-refractivity contribution in [2.24, 2.45) is 0 Å². The Morgan fingerprint density at radius 1 is 1.14 bits per heavy atom. The molecule has 0 unspecified atom stereocenters. The van der Waals surface area contributed by atoms with Crippen molar-refractivity contribution in [1.82, 2.24) is 4.98 Å². The van der Waals surface area contributed by atoms with E-state index in [-0.39, 0.29) is 18.4 Å². The summed E-state index contributed by atoms with van der Waals surface area (Å²) < 4.78 is 20.7. The number of hydrogen-bond acceptors (Lipinski definition) is 6. The van der Waals surface area contributed by atoms with Crippen LogP contribution in [-0.2, 0) is 14.3 Å². The lowest BCUT2D eigenvalue weighted by molar-refractivity contribution is -0.121. The first-order valence-corrected chi connectivity index (χ1v) is 7.25. The van der Waals surface area contributed by atoms with Gasteiger partial charge in [0.25, 0.3) is 5.91 Å². The highest BCUT2D eigenvalue weighted by Crippen LogP contribution is 2.24. The molecule has 7 nitrogen and oxygen atoms in total. The fourth-order valence-electron chi connectivity index (χ4n) is 1.61.